The van der Waals surface area contributed by atoms with Gasteiger partial charge >= 0.3 is 0 Å². The summed E-state index contributed by atoms with van der Waals surface area (Å²) >= 11 is 6.19. The fourth-order valence-corrected chi connectivity index (χ4v) is 4.29. The van der Waals surface area contributed by atoms with Gasteiger partial charge in [0.25, 0.3) is 0 Å². The van der Waals surface area contributed by atoms with Crippen molar-refractivity contribution in [1.29, 1.82) is 0 Å². The summed E-state index contributed by atoms with van der Waals surface area (Å²) in [6, 6.07) is 16.2. The van der Waals surface area contributed by atoms with E-state index in [1.54, 1.807) is 0 Å². The summed E-state index contributed by atoms with van der Waals surface area (Å²) in [6.45, 7) is 3.01. The number of piperidine rings is 1. The Morgan fingerprint density at radius 2 is 2.00 bits per heavy atom. The van der Waals surface area contributed by atoms with Crippen LogP contribution in [0.2, 0.25) is 5.02 Å². The minimum atomic E-state index is 0.426. The first kappa shape index (κ1) is 18.3. The summed E-state index contributed by atoms with van der Waals surface area (Å²) < 4.78 is 2.00. The molecule has 0 unspecified atom stereocenters. The molecule has 0 aromatic carbocycles. The molecule has 0 amide bonds. The number of hydrogen-bond donors (Lipinski definition) is 0. The molecule has 0 radical (unpaired) electrons. The third kappa shape index (κ3) is 3.88. The first-order valence-electron chi connectivity index (χ1n) is 9.98. The Morgan fingerprint density at radius 1 is 1.03 bits per heavy atom. The third-order valence-electron chi connectivity index (χ3n) is 5.54. The lowest BCUT2D eigenvalue weighted by molar-refractivity contribution is 0.196. The van der Waals surface area contributed by atoms with E-state index in [0.717, 1.165) is 54.5 Å². The summed E-state index contributed by atoms with van der Waals surface area (Å²) in [5.74, 6) is 0.426. The number of imidazole rings is 1. The van der Waals surface area contributed by atoms with Gasteiger partial charge in [-0.2, -0.15) is 0 Å². The van der Waals surface area contributed by atoms with Gasteiger partial charge in [-0.05, 0) is 55.8 Å². The molecule has 1 aliphatic rings. The van der Waals surface area contributed by atoms with Gasteiger partial charge in [0, 0.05) is 37.1 Å². The normalized spacial score (nSPS) is 17.6. The molecule has 146 valence electrons. The molecule has 4 aromatic heterocycles. The number of hydrogen-bond acceptors (Lipinski definition) is 4. The van der Waals surface area contributed by atoms with Gasteiger partial charge in [-0.25, -0.2) is 4.98 Å². The zero-order valence-electron chi connectivity index (χ0n) is 16.1. The van der Waals surface area contributed by atoms with Crippen LogP contribution in [0.5, 0.6) is 0 Å². The van der Waals surface area contributed by atoms with E-state index >= 15 is 0 Å². The smallest absolute Gasteiger partial charge is 0.137 e. The van der Waals surface area contributed by atoms with Crippen molar-refractivity contribution in [2.75, 3.05) is 13.1 Å². The van der Waals surface area contributed by atoms with Gasteiger partial charge in [0.15, 0.2) is 0 Å². The summed E-state index contributed by atoms with van der Waals surface area (Å²) in [7, 11) is 0. The topological polar surface area (TPSA) is 46.3 Å². The summed E-state index contributed by atoms with van der Waals surface area (Å²) in [6.07, 6.45) is 7.96. The molecule has 6 heteroatoms. The Bertz CT molecular complexity index is 1120. The van der Waals surface area contributed by atoms with Gasteiger partial charge in [-0.15, -0.1) is 0 Å². The molecule has 1 fully saturated rings. The number of aromatic nitrogens is 4. The van der Waals surface area contributed by atoms with Gasteiger partial charge in [-0.1, -0.05) is 23.7 Å². The number of rotatable bonds is 4. The van der Waals surface area contributed by atoms with Gasteiger partial charge < -0.3 is 0 Å². The Kier molecular flexibility index (Phi) is 5.00. The van der Waals surface area contributed by atoms with E-state index < -0.39 is 0 Å². The zero-order chi connectivity index (χ0) is 19.6. The van der Waals surface area contributed by atoms with Crippen LogP contribution in [0, 0.1) is 0 Å². The molecule has 4 aromatic rings. The predicted octanol–water partition coefficient (Wildman–Crippen LogP) is 4.82. The minimum Gasteiger partial charge on any atom is -0.297 e. The van der Waals surface area contributed by atoms with Crippen LogP contribution in [0.1, 0.15) is 30.1 Å². The Balaban J connectivity index is 1.39. The molecule has 5 nitrogen and oxygen atoms in total. The molecule has 0 N–H and O–H groups in total. The van der Waals surface area contributed by atoms with Crippen LogP contribution in [0.25, 0.3) is 17.0 Å². The molecule has 1 aliphatic heterocycles. The van der Waals surface area contributed by atoms with E-state index in [-0.39, 0.29) is 0 Å². The largest absolute Gasteiger partial charge is 0.297 e. The monoisotopic (exact) mass is 403 g/mol. The fourth-order valence-electron chi connectivity index (χ4n) is 4.13. The van der Waals surface area contributed by atoms with Crippen molar-refractivity contribution >= 4 is 17.2 Å². The summed E-state index contributed by atoms with van der Waals surface area (Å²) in [4.78, 5) is 16.5. The van der Waals surface area contributed by atoms with Crippen molar-refractivity contribution in [3.63, 3.8) is 0 Å². The number of fused-ring (bicyclic) bond motifs is 1. The van der Waals surface area contributed by atoms with Gasteiger partial charge in [0.1, 0.15) is 5.65 Å². The quantitative estimate of drug-likeness (QED) is 0.490. The van der Waals surface area contributed by atoms with Crippen LogP contribution in [0.3, 0.4) is 0 Å². The lowest BCUT2D eigenvalue weighted by Gasteiger charge is -2.32. The van der Waals surface area contributed by atoms with Crippen LogP contribution in [0.15, 0.2) is 67.1 Å². The highest BCUT2D eigenvalue weighted by molar-refractivity contribution is 6.30. The van der Waals surface area contributed by atoms with E-state index in [1.807, 2.05) is 47.3 Å². The van der Waals surface area contributed by atoms with Gasteiger partial charge in [0.2, 0.25) is 0 Å². The lowest BCUT2D eigenvalue weighted by atomic mass is 9.94. The molecule has 1 saturated heterocycles. The Labute approximate surface area is 175 Å². The second kappa shape index (κ2) is 7.93. The van der Waals surface area contributed by atoms with Gasteiger partial charge in [0.05, 0.1) is 28.3 Å². The molecule has 1 atom stereocenters. The highest BCUT2D eigenvalue weighted by atomic mass is 35.5. The van der Waals surface area contributed by atoms with E-state index in [0.29, 0.717) is 10.9 Å². The van der Waals surface area contributed by atoms with Crippen molar-refractivity contribution in [3.8, 4) is 11.4 Å². The maximum atomic E-state index is 6.19. The Hall–Kier alpha value is -2.76. The molecule has 5 heterocycles. The number of pyridine rings is 3. The van der Waals surface area contributed by atoms with Crippen LogP contribution < -0.4 is 0 Å². The van der Waals surface area contributed by atoms with E-state index in [4.69, 9.17) is 16.6 Å². The summed E-state index contributed by atoms with van der Waals surface area (Å²) in [5.41, 5.74) is 5.03. The number of nitrogens with zero attached hydrogens (tertiary/aromatic N) is 5. The second-order valence-corrected chi connectivity index (χ2v) is 8.00. The zero-order valence-corrected chi connectivity index (χ0v) is 16.8. The highest BCUT2D eigenvalue weighted by Gasteiger charge is 2.23. The highest BCUT2D eigenvalue weighted by Crippen LogP contribution is 2.29. The SMILES string of the molecule is Clc1ccc2ncc(-c3cccc([C@H]4CCCN(Cc5ccccn5)C4)n3)n2c1. The second-order valence-electron chi connectivity index (χ2n) is 7.56. The average molecular weight is 404 g/mol. The van der Waals surface area contributed by atoms with Crippen LogP contribution in [0.4, 0.5) is 0 Å². The molecule has 29 heavy (non-hydrogen) atoms. The standard InChI is InChI=1S/C23H22ClN5/c24-18-9-10-23-26-13-22(29(23)15-18)21-8-3-7-20(27-21)17-5-4-12-28(14-17)16-19-6-1-2-11-25-19/h1-3,6-11,13,15,17H,4-5,12,14,16H2/t17-/m0/s1. The summed E-state index contributed by atoms with van der Waals surface area (Å²) in [5, 5.41) is 0.686. The first-order chi connectivity index (χ1) is 14.3. The van der Waals surface area contributed by atoms with Crippen LogP contribution >= 0.6 is 11.6 Å². The van der Waals surface area contributed by atoms with Gasteiger partial charge in [-0.3, -0.25) is 19.3 Å². The van der Waals surface area contributed by atoms with E-state index in [1.165, 1.54) is 6.42 Å². The van der Waals surface area contributed by atoms with E-state index in [2.05, 4.69) is 39.1 Å². The maximum absolute atomic E-state index is 6.19. The average Bonchev–Trinajstić information content (AvgIpc) is 3.18. The molecule has 0 saturated carbocycles. The molecule has 5 rings (SSSR count). The molecule has 0 aliphatic carbocycles. The van der Waals surface area contributed by atoms with Crippen LogP contribution in [-0.4, -0.2) is 37.3 Å². The van der Waals surface area contributed by atoms with Crippen molar-refractivity contribution in [3.05, 3.63) is 83.5 Å². The fraction of sp³-hybridized carbons (Fsp3) is 0.261. The molecule has 0 bridgehead atoms. The third-order valence-corrected chi connectivity index (χ3v) is 5.76. The maximum Gasteiger partial charge on any atom is 0.137 e. The first-order valence-corrected chi connectivity index (χ1v) is 10.4. The van der Waals surface area contributed by atoms with Crippen molar-refractivity contribution in [2.24, 2.45) is 0 Å². The predicted molar refractivity (Wildman–Crippen MR) is 115 cm³/mol. The Morgan fingerprint density at radius 3 is 2.90 bits per heavy atom. The van der Waals surface area contributed by atoms with E-state index in [9.17, 15) is 0 Å². The van der Waals surface area contributed by atoms with Crippen molar-refractivity contribution in [2.45, 2.75) is 25.3 Å². The molecule has 0 spiro atoms. The minimum absolute atomic E-state index is 0.426. The lowest BCUT2D eigenvalue weighted by Crippen LogP contribution is -2.34. The van der Waals surface area contributed by atoms with Crippen molar-refractivity contribution in [1.82, 2.24) is 24.3 Å². The number of halogens is 1. The molecular formula is C23H22ClN5. The number of likely N-dealkylation sites (tertiary alicyclic amines) is 1. The molecular weight excluding hydrogens is 382 g/mol. The van der Waals surface area contributed by atoms with Crippen molar-refractivity contribution < 1.29 is 0 Å². The van der Waals surface area contributed by atoms with Crippen LogP contribution in [-0.2, 0) is 6.54 Å².